The van der Waals surface area contributed by atoms with E-state index in [9.17, 15) is 9.90 Å². The summed E-state index contributed by atoms with van der Waals surface area (Å²) in [6, 6.07) is 9.20. The molecule has 0 aliphatic carbocycles. The number of nitrogens with zero attached hydrogens (tertiary/aromatic N) is 3. The molecule has 2 saturated heterocycles. The van der Waals surface area contributed by atoms with Gasteiger partial charge in [-0.15, -0.1) is 0 Å². The molecule has 2 aliphatic heterocycles. The minimum absolute atomic E-state index is 0.0788. The van der Waals surface area contributed by atoms with Crippen molar-refractivity contribution in [1.82, 2.24) is 15.2 Å². The van der Waals surface area contributed by atoms with Crippen LogP contribution >= 0.6 is 0 Å². The van der Waals surface area contributed by atoms with Crippen molar-refractivity contribution in [1.29, 1.82) is 0 Å². The fourth-order valence-corrected chi connectivity index (χ4v) is 4.45. The first-order valence-corrected chi connectivity index (χ1v) is 10.9. The third kappa shape index (κ3) is 4.73. The van der Waals surface area contributed by atoms with Crippen LogP contribution in [-0.2, 0) is 4.79 Å². The zero-order valence-electron chi connectivity index (χ0n) is 17.2. The number of hydrogen-bond donors (Lipinski definition) is 2. The average Bonchev–Trinajstić information content (AvgIpc) is 3.22. The van der Waals surface area contributed by atoms with Crippen LogP contribution in [-0.4, -0.2) is 65.8 Å². The molecule has 0 bridgehead atoms. The minimum Gasteiger partial charge on any atom is -0.423 e. The molecular formula is C22H32N4O3. The number of oxazole rings is 1. The summed E-state index contributed by atoms with van der Waals surface area (Å²) < 4.78 is 5.92. The Kier molecular flexibility index (Phi) is 6.35. The van der Waals surface area contributed by atoms with E-state index in [2.05, 4.69) is 20.1 Å². The summed E-state index contributed by atoms with van der Waals surface area (Å²) in [5.41, 5.74) is 1.76. The molecule has 2 aliphatic rings. The van der Waals surface area contributed by atoms with Gasteiger partial charge in [0, 0.05) is 31.6 Å². The van der Waals surface area contributed by atoms with E-state index in [1.807, 2.05) is 31.2 Å². The first-order valence-electron chi connectivity index (χ1n) is 10.9. The van der Waals surface area contributed by atoms with Crippen LogP contribution in [0.2, 0.25) is 0 Å². The molecule has 1 amide bonds. The van der Waals surface area contributed by atoms with E-state index in [1.54, 1.807) is 0 Å². The molecule has 7 nitrogen and oxygen atoms in total. The average molecular weight is 401 g/mol. The van der Waals surface area contributed by atoms with E-state index in [-0.39, 0.29) is 11.8 Å². The van der Waals surface area contributed by atoms with Crippen LogP contribution in [0.25, 0.3) is 11.1 Å². The van der Waals surface area contributed by atoms with Crippen LogP contribution in [0.1, 0.15) is 39.0 Å². The molecule has 1 unspecified atom stereocenters. The Labute approximate surface area is 172 Å². The van der Waals surface area contributed by atoms with Gasteiger partial charge in [0.25, 0.3) is 6.01 Å². The summed E-state index contributed by atoms with van der Waals surface area (Å²) >= 11 is 0. The van der Waals surface area contributed by atoms with E-state index in [0.717, 1.165) is 69.0 Å². The number of nitrogens with one attached hydrogen (secondary N) is 1. The molecule has 2 fully saturated rings. The topological polar surface area (TPSA) is 81.8 Å². The van der Waals surface area contributed by atoms with E-state index in [0.29, 0.717) is 19.0 Å². The second kappa shape index (κ2) is 9.13. The zero-order chi connectivity index (χ0) is 20.2. The third-order valence-corrected chi connectivity index (χ3v) is 6.42. The van der Waals surface area contributed by atoms with Gasteiger partial charge in [-0.2, -0.15) is 4.98 Å². The number of aliphatic hydroxyl groups is 1. The van der Waals surface area contributed by atoms with Gasteiger partial charge in [0.15, 0.2) is 5.58 Å². The van der Waals surface area contributed by atoms with Crippen LogP contribution in [0.4, 0.5) is 6.01 Å². The summed E-state index contributed by atoms with van der Waals surface area (Å²) in [4.78, 5) is 21.7. The van der Waals surface area contributed by atoms with Crippen molar-refractivity contribution in [3.05, 3.63) is 24.3 Å². The fourth-order valence-electron chi connectivity index (χ4n) is 4.45. The van der Waals surface area contributed by atoms with Crippen molar-refractivity contribution in [2.24, 2.45) is 5.92 Å². The highest BCUT2D eigenvalue weighted by Gasteiger charge is 2.31. The highest BCUT2D eigenvalue weighted by Crippen LogP contribution is 2.28. The van der Waals surface area contributed by atoms with Crippen LogP contribution in [0, 0.1) is 5.92 Å². The molecule has 1 aromatic carbocycles. The lowest BCUT2D eigenvalue weighted by Gasteiger charge is -2.41. The summed E-state index contributed by atoms with van der Waals surface area (Å²) in [6.07, 6.45) is 4.22. The highest BCUT2D eigenvalue weighted by atomic mass is 16.4. The SMILES string of the molecule is CCC(O)CNC(=O)C1CCN(C2CCN(c3nc4ccccc4o3)CC2)CC1. The molecule has 158 valence electrons. The monoisotopic (exact) mass is 400 g/mol. The number of rotatable bonds is 6. The third-order valence-electron chi connectivity index (χ3n) is 6.42. The molecule has 1 atom stereocenters. The van der Waals surface area contributed by atoms with E-state index >= 15 is 0 Å². The summed E-state index contributed by atoms with van der Waals surface area (Å²) in [7, 11) is 0. The number of benzene rings is 1. The second-order valence-corrected chi connectivity index (χ2v) is 8.30. The largest absolute Gasteiger partial charge is 0.423 e. The maximum Gasteiger partial charge on any atom is 0.298 e. The summed E-state index contributed by atoms with van der Waals surface area (Å²) in [5.74, 6) is 0.179. The Morgan fingerprint density at radius 3 is 2.62 bits per heavy atom. The number of carbonyl (C=O) groups excluding carboxylic acids is 1. The lowest BCUT2D eigenvalue weighted by molar-refractivity contribution is -0.127. The van der Waals surface area contributed by atoms with Gasteiger partial charge in [-0.25, -0.2) is 0 Å². The number of para-hydroxylation sites is 2. The van der Waals surface area contributed by atoms with Crippen molar-refractivity contribution < 1.29 is 14.3 Å². The Morgan fingerprint density at radius 1 is 1.21 bits per heavy atom. The number of aliphatic hydroxyl groups excluding tert-OH is 1. The van der Waals surface area contributed by atoms with Gasteiger partial charge in [0.1, 0.15) is 5.52 Å². The van der Waals surface area contributed by atoms with Crippen LogP contribution in [0.15, 0.2) is 28.7 Å². The second-order valence-electron chi connectivity index (χ2n) is 8.30. The first-order chi connectivity index (χ1) is 14.1. The number of aromatic nitrogens is 1. The fraction of sp³-hybridized carbons (Fsp3) is 0.636. The Morgan fingerprint density at radius 2 is 1.93 bits per heavy atom. The van der Waals surface area contributed by atoms with Crippen molar-refractivity contribution >= 4 is 23.0 Å². The van der Waals surface area contributed by atoms with Crippen molar-refractivity contribution in [2.75, 3.05) is 37.6 Å². The number of amides is 1. The predicted molar refractivity (Wildman–Crippen MR) is 113 cm³/mol. The normalized spacial score (nSPS) is 20.8. The molecule has 2 N–H and O–H groups in total. The van der Waals surface area contributed by atoms with E-state index in [4.69, 9.17) is 4.42 Å². The lowest BCUT2D eigenvalue weighted by Crippen LogP contribution is -2.49. The zero-order valence-corrected chi connectivity index (χ0v) is 17.2. The van der Waals surface area contributed by atoms with Crippen molar-refractivity contribution in [3.63, 3.8) is 0 Å². The van der Waals surface area contributed by atoms with Crippen LogP contribution in [0.3, 0.4) is 0 Å². The molecule has 1 aromatic heterocycles. The minimum atomic E-state index is -0.439. The standard InChI is InChI=1S/C22H32N4O3/c1-2-18(27)15-23-21(28)16-7-11-25(12-8-16)17-9-13-26(14-10-17)22-24-19-5-3-4-6-20(19)29-22/h3-6,16-18,27H,2,7-15H2,1H3,(H,23,28). The maximum atomic E-state index is 12.3. The maximum absolute atomic E-state index is 12.3. The van der Waals surface area contributed by atoms with Gasteiger partial charge in [-0.05, 0) is 57.3 Å². The number of likely N-dealkylation sites (tertiary alicyclic amines) is 1. The number of hydrogen-bond acceptors (Lipinski definition) is 6. The highest BCUT2D eigenvalue weighted by molar-refractivity contribution is 5.78. The van der Waals surface area contributed by atoms with Crippen molar-refractivity contribution in [2.45, 2.75) is 51.2 Å². The number of fused-ring (bicyclic) bond motifs is 1. The molecule has 0 radical (unpaired) electrons. The van der Waals surface area contributed by atoms with Gasteiger partial charge in [0.2, 0.25) is 5.91 Å². The van der Waals surface area contributed by atoms with E-state index < -0.39 is 6.10 Å². The number of piperidine rings is 2. The van der Waals surface area contributed by atoms with Gasteiger partial charge < -0.3 is 24.6 Å². The Hall–Kier alpha value is -2.12. The lowest BCUT2D eigenvalue weighted by atomic mass is 9.93. The molecule has 0 saturated carbocycles. The van der Waals surface area contributed by atoms with Gasteiger partial charge in [-0.3, -0.25) is 4.79 Å². The quantitative estimate of drug-likeness (QED) is 0.775. The summed E-state index contributed by atoms with van der Waals surface area (Å²) in [6.45, 7) is 6.14. The van der Waals surface area contributed by atoms with Gasteiger partial charge >= 0.3 is 0 Å². The molecule has 0 spiro atoms. The molecule has 3 heterocycles. The molecule has 29 heavy (non-hydrogen) atoms. The number of anilines is 1. The molecule has 7 heteroatoms. The molecule has 2 aromatic rings. The Balaban J connectivity index is 1.23. The van der Waals surface area contributed by atoms with E-state index in [1.165, 1.54) is 0 Å². The first kappa shape index (κ1) is 20.2. The van der Waals surface area contributed by atoms with Crippen LogP contribution < -0.4 is 10.2 Å². The van der Waals surface area contributed by atoms with Crippen molar-refractivity contribution in [3.8, 4) is 0 Å². The van der Waals surface area contributed by atoms with Gasteiger partial charge in [-0.1, -0.05) is 19.1 Å². The van der Waals surface area contributed by atoms with Crippen LogP contribution in [0.5, 0.6) is 0 Å². The van der Waals surface area contributed by atoms with Gasteiger partial charge in [0.05, 0.1) is 6.10 Å². The summed E-state index contributed by atoms with van der Waals surface area (Å²) in [5, 5.41) is 12.5. The molecule has 4 rings (SSSR count). The Bertz CT molecular complexity index is 774. The smallest absolute Gasteiger partial charge is 0.298 e. The molecular weight excluding hydrogens is 368 g/mol. The predicted octanol–water partition coefficient (Wildman–Crippen LogP) is 2.40. The number of carbonyl (C=O) groups is 1.